The van der Waals surface area contributed by atoms with E-state index in [9.17, 15) is 25.1 Å². The van der Waals surface area contributed by atoms with E-state index in [0.29, 0.717) is 0 Å². The first kappa shape index (κ1) is 12.4. The zero-order valence-corrected chi connectivity index (χ0v) is 8.30. The summed E-state index contributed by atoms with van der Waals surface area (Å²) in [5.74, 6) is -3.85. The molecule has 0 heterocycles. The Labute approximate surface area is 90.4 Å². The molecule has 0 aromatic rings. The Bertz CT molecular complexity index is 383. The SMILES string of the molecule is CC1C(C(=O)[O-])=CC(C(=O)O)=CC1[NH+]([O-])[O-]. The Balaban J connectivity index is 3.17. The number of aliphatic carboxylic acids is 2. The molecule has 0 aromatic carbocycles. The molecule has 0 aromatic heterocycles. The Morgan fingerprint density at radius 2 is 2.00 bits per heavy atom. The molecule has 0 amide bonds. The van der Waals surface area contributed by atoms with E-state index < -0.39 is 29.1 Å². The smallest absolute Gasteiger partial charge is 0.335 e. The van der Waals surface area contributed by atoms with Gasteiger partial charge in [-0.05, 0) is 17.7 Å². The lowest BCUT2D eigenvalue weighted by molar-refractivity contribution is -0.818. The van der Waals surface area contributed by atoms with Crippen LogP contribution in [0.25, 0.3) is 0 Å². The van der Waals surface area contributed by atoms with Gasteiger partial charge in [0.1, 0.15) is 6.04 Å². The molecule has 2 N–H and O–H groups in total. The minimum atomic E-state index is -1.58. The number of rotatable bonds is 3. The van der Waals surface area contributed by atoms with E-state index in [1.807, 2.05) is 0 Å². The highest BCUT2D eigenvalue weighted by molar-refractivity contribution is 5.95. The van der Waals surface area contributed by atoms with Crippen molar-refractivity contribution < 1.29 is 25.0 Å². The van der Waals surface area contributed by atoms with Crippen LogP contribution in [0.3, 0.4) is 0 Å². The number of carboxylic acid groups (broad SMARTS) is 2. The highest BCUT2D eigenvalue weighted by atomic mass is 16.8. The summed E-state index contributed by atoms with van der Waals surface area (Å²) >= 11 is 0. The highest BCUT2D eigenvalue weighted by Crippen LogP contribution is 2.22. The maximum atomic E-state index is 10.7. The summed E-state index contributed by atoms with van der Waals surface area (Å²) in [5, 5.41) is 39.3. The summed E-state index contributed by atoms with van der Waals surface area (Å²) in [7, 11) is 0. The zero-order chi connectivity index (χ0) is 12.5. The van der Waals surface area contributed by atoms with Crippen molar-refractivity contribution in [2.24, 2.45) is 5.92 Å². The molecule has 1 aliphatic rings. The Morgan fingerprint density at radius 3 is 2.38 bits per heavy atom. The standard InChI is InChI=1S/C9H10NO6/c1-4-6(9(13)14)2-5(8(11)12)3-7(4)10(15)16/h2-4,7,10H,1H3,(H,11,12)(H,13,14)/q-1/p-1. The van der Waals surface area contributed by atoms with Gasteiger partial charge >= 0.3 is 5.97 Å². The molecule has 0 saturated carbocycles. The quantitative estimate of drug-likeness (QED) is 0.516. The van der Waals surface area contributed by atoms with Gasteiger partial charge in [-0.3, -0.25) is 0 Å². The van der Waals surface area contributed by atoms with Crippen LogP contribution in [0, 0.1) is 16.3 Å². The van der Waals surface area contributed by atoms with Crippen molar-refractivity contribution in [1.82, 2.24) is 0 Å². The summed E-state index contributed by atoms with van der Waals surface area (Å²) in [6, 6.07) is -1.27. The van der Waals surface area contributed by atoms with Crippen molar-refractivity contribution in [3.63, 3.8) is 0 Å². The number of hydrogen-bond donors (Lipinski definition) is 2. The Hall–Kier alpha value is -1.70. The highest BCUT2D eigenvalue weighted by Gasteiger charge is 2.28. The molecule has 0 bridgehead atoms. The van der Waals surface area contributed by atoms with E-state index in [4.69, 9.17) is 5.11 Å². The molecule has 0 spiro atoms. The average molecular weight is 227 g/mol. The molecule has 1 rings (SSSR count). The predicted molar refractivity (Wildman–Crippen MR) is 49.5 cm³/mol. The molecule has 1 aliphatic carbocycles. The van der Waals surface area contributed by atoms with Crippen molar-refractivity contribution in [1.29, 1.82) is 0 Å². The van der Waals surface area contributed by atoms with Crippen LogP contribution < -0.4 is 10.3 Å². The molecule has 7 nitrogen and oxygen atoms in total. The van der Waals surface area contributed by atoms with E-state index in [1.165, 1.54) is 6.92 Å². The third kappa shape index (κ3) is 2.27. The maximum Gasteiger partial charge on any atom is 0.335 e. The molecule has 0 saturated heterocycles. The number of carbonyl (C=O) groups excluding carboxylic acids is 1. The first-order chi connectivity index (χ1) is 7.34. The van der Waals surface area contributed by atoms with Crippen molar-refractivity contribution in [3.8, 4) is 0 Å². The number of nitrogens with one attached hydrogen (secondary N) is 1. The van der Waals surface area contributed by atoms with Gasteiger partial charge in [-0.25, -0.2) is 4.79 Å². The van der Waals surface area contributed by atoms with Gasteiger partial charge in [-0.2, -0.15) is 0 Å². The number of quaternary nitrogens is 1. The largest absolute Gasteiger partial charge is 0.633 e. The van der Waals surface area contributed by atoms with Crippen LogP contribution in [0.5, 0.6) is 0 Å². The van der Waals surface area contributed by atoms with Gasteiger partial charge in [0.2, 0.25) is 0 Å². The summed E-state index contributed by atoms with van der Waals surface area (Å²) in [4.78, 5) is 21.3. The molecule has 88 valence electrons. The summed E-state index contributed by atoms with van der Waals surface area (Å²) < 4.78 is 0. The van der Waals surface area contributed by atoms with Crippen LogP contribution in [-0.4, -0.2) is 23.1 Å². The second-order valence-electron chi connectivity index (χ2n) is 3.45. The fraction of sp³-hybridized carbons (Fsp3) is 0.333. The normalized spacial score (nSPS) is 25.0. The van der Waals surface area contributed by atoms with Crippen molar-refractivity contribution in [2.45, 2.75) is 13.0 Å². The molecule has 16 heavy (non-hydrogen) atoms. The molecule has 0 aliphatic heterocycles. The molecular formula is C9H9NO6-2. The number of carboxylic acids is 2. The van der Waals surface area contributed by atoms with E-state index in [-0.39, 0.29) is 11.1 Å². The average Bonchev–Trinajstić information content (AvgIpc) is 2.16. The van der Waals surface area contributed by atoms with Gasteiger partial charge in [-0.1, -0.05) is 6.92 Å². The van der Waals surface area contributed by atoms with Gasteiger partial charge < -0.3 is 30.6 Å². The first-order valence-electron chi connectivity index (χ1n) is 4.43. The van der Waals surface area contributed by atoms with Crippen molar-refractivity contribution >= 4 is 11.9 Å². The Morgan fingerprint density at radius 1 is 1.44 bits per heavy atom. The van der Waals surface area contributed by atoms with E-state index in [1.54, 1.807) is 0 Å². The number of hydroxylamine groups is 2. The molecule has 0 fully saturated rings. The maximum absolute atomic E-state index is 10.7. The summed E-state index contributed by atoms with van der Waals surface area (Å²) in [6.07, 6.45) is 1.87. The number of carbonyl (C=O) groups is 2. The third-order valence-electron chi connectivity index (χ3n) is 2.45. The fourth-order valence-corrected chi connectivity index (χ4v) is 1.53. The van der Waals surface area contributed by atoms with Crippen molar-refractivity contribution in [2.75, 3.05) is 0 Å². The van der Waals surface area contributed by atoms with Crippen LogP contribution in [0.15, 0.2) is 23.3 Å². The predicted octanol–water partition coefficient (Wildman–Crippen LogP) is -2.43. The lowest BCUT2D eigenvalue weighted by Crippen LogP contribution is -3.07. The topological polar surface area (TPSA) is 128 Å². The molecule has 7 heteroatoms. The third-order valence-corrected chi connectivity index (χ3v) is 2.45. The van der Waals surface area contributed by atoms with Gasteiger partial charge in [0.25, 0.3) is 0 Å². The van der Waals surface area contributed by atoms with Gasteiger partial charge in [0, 0.05) is 5.92 Å². The molecule has 2 unspecified atom stereocenters. The lowest BCUT2D eigenvalue weighted by atomic mass is 9.86. The minimum absolute atomic E-state index is 0.353. The van der Waals surface area contributed by atoms with Gasteiger partial charge in [0.15, 0.2) is 0 Å². The van der Waals surface area contributed by atoms with Gasteiger partial charge in [-0.15, -0.1) is 0 Å². The number of hydrogen-bond acceptors (Lipinski definition) is 5. The Kier molecular flexibility index (Phi) is 3.43. The van der Waals surface area contributed by atoms with Crippen LogP contribution in [0.4, 0.5) is 0 Å². The van der Waals surface area contributed by atoms with E-state index >= 15 is 0 Å². The second-order valence-corrected chi connectivity index (χ2v) is 3.45. The van der Waals surface area contributed by atoms with Crippen LogP contribution in [0.2, 0.25) is 0 Å². The van der Waals surface area contributed by atoms with Crippen LogP contribution in [-0.2, 0) is 9.59 Å². The van der Waals surface area contributed by atoms with Crippen LogP contribution >= 0.6 is 0 Å². The van der Waals surface area contributed by atoms with Crippen LogP contribution in [0.1, 0.15) is 6.92 Å². The van der Waals surface area contributed by atoms with E-state index in [0.717, 1.165) is 12.2 Å². The molecule has 0 radical (unpaired) electrons. The fourth-order valence-electron chi connectivity index (χ4n) is 1.53. The summed E-state index contributed by atoms with van der Waals surface area (Å²) in [5.41, 5.74) is -0.736. The minimum Gasteiger partial charge on any atom is -0.633 e. The molecule has 2 atom stereocenters. The van der Waals surface area contributed by atoms with E-state index in [2.05, 4.69) is 0 Å². The zero-order valence-electron chi connectivity index (χ0n) is 8.30. The van der Waals surface area contributed by atoms with Crippen molar-refractivity contribution in [3.05, 3.63) is 33.7 Å². The monoisotopic (exact) mass is 227 g/mol. The molecular weight excluding hydrogens is 218 g/mol. The first-order valence-corrected chi connectivity index (χ1v) is 4.43. The summed E-state index contributed by atoms with van der Waals surface area (Å²) in [6.45, 7) is 1.36. The van der Waals surface area contributed by atoms with Gasteiger partial charge in [0.05, 0.1) is 11.5 Å². The second kappa shape index (κ2) is 4.44. The lowest BCUT2D eigenvalue weighted by Gasteiger charge is -2.39.